The number of fused-ring (bicyclic) bond motifs is 1. The molecule has 86 valence electrons. The summed E-state index contributed by atoms with van der Waals surface area (Å²) >= 11 is 8.23. The van der Waals surface area contributed by atoms with Crippen molar-refractivity contribution < 1.29 is 0 Å². The van der Waals surface area contributed by atoms with E-state index in [0.717, 1.165) is 23.1 Å². The van der Waals surface area contributed by atoms with E-state index in [-0.39, 0.29) is 0 Å². The summed E-state index contributed by atoms with van der Waals surface area (Å²) in [4.78, 5) is 0. The van der Waals surface area contributed by atoms with Crippen molar-refractivity contribution in [3.8, 4) is 0 Å². The lowest BCUT2D eigenvalue weighted by Crippen LogP contribution is -1.89. The monoisotopic (exact) mass is 253 g/mol. The third-order valence-corrected chi connectivity index (χ3v) is 3.97. The molecule has 1 aromatic carbocycles. The average Bonchev–Trinajstić information content (AvgIpc) is 2.66. The number of hydrogen-bond acceptors (Lipinski definition) is 1. The highest BCUT2D eigenvalue weighted by Crippen LogP contribution is 2.30. The van der Waals surface area contributed by atoms with Crippen LogP contribution in [0.15, 0.2) is 24.4 Å². The van der Waals surface area contributed by atoms with Crippen LogP contribution in [0.25, 0.3) is 10.9 Å². The van der Waals surface area contributed by atoms with E-state index in [1.54, 1.807) is 0 Å². The fraction of sp³-hybridized carbons (Fsp3) is 0.385. The van der Waals surface area contributed by atoms with Gasteiger partial charge in [-0.05, 0) is 30.4 Å². The van der Waals surface area contributed by atoms with Crippen LogP contribution in [0, 0.1) is 0 Å². The SMILES string of the molecule is CCSCc1cn(CC)c2cccc(Cl)c12. The van der Waals surface area contributed by atoms with Gasteiger partial charge in [0.2, 0.25) is 0 Å². The third kappa shape index (κ3) is 2.09. The molecule has 0 saturated heterocycles. The van der Waals surface area contributed by atoms with Gasteiger partial charge in [0.15, 0.2) is 0 Å². The average molecular weight is 254 g/mol. The van der Waals surface area contributed by atoms with Crippen molar-refractivity contribution >= 4 is 34.3 Å². The predicted octanol–water partition coefficient (Wildman–Crippen LogP) is 4.57. The molecule has 0 unspecified atom stereocenters. The minimum atomic E-state index is 0.872. The zero-order valence-electron chi connectivity index (χ0n) is 9.66. The summed E-state index contributed by atoms with van der Waals surface area (Å²) in [6, 6.07) is 6.14. The van der Waals surface area contributed by atoms with Crippen molar-refractivity contribution in [2.24, 2.45) is 0 Å². The third-order valence-electron chi connectivity index (χ3n) is 2.74. The zero-order chi connectivity index (χ0) is 11.5. The molecule has 16 heavy (non-hydrogen) atoms. The number of thioether (sulfide) groups is 1. The molecule has 3 heteroatoms. The molecule has 2 aromatic rings. The normalized spacial score (nSPS) is 11.2. The lowest BCUT2D eigenvalue weighted by Gasteiger charge is -2.00. The van der Waals surface area contributed by atoms with Crippen LogP contribution >= 0.6 is 23.4 Å². The highest BCUT2D eigenvalue weighted by atomic mass is 35.5. The van der Waals surface area contributed by atoms with Crippen LogP contribution in [0.5, 0.6) is 0 Å². The topological polar surface area (TPSA) is 4.93 Å². The van der Waals surface area contributed by atoms with Gasteiger partial charge in [0, 0.05) is 29.4 Å². The maximum atomic E-state index is 6.29. The van der Waals surface area contributed by atoms with E-state index in [4.69, 9.17) is 11.6 Å². The zero-order valence-corrected chi connectivity index (χ0v) is 11.2. The van der Waals surface area contributed by atoms with Gasteiger partial charge in [-0.25, -0.2) is 0 Å². The number of aromatic nitrogens is 1. The molecule has 1 heterocycles. The van der Waals surface area contributed by atoms with Gasteiger partial charge in [-0.1, -0.05) is 24.6 Å². The minimum Gasteiger partial charge on any atom is -0.347 e. The van der Waals surface area contributed by atoms with Crippen molar-refractivity contribution in [2.45, 2.75) is 26.1 Å². The molecule has 2 rings (SSSR count). The minimum absolute atomic E-state index is 0.872. The second kappa shape index (κ2) is 5.15. The number of benzene rings is 1. The number of halogens is 1. The number of hydrogen-bond donors (Lipinski definition) is 0. The Morgan fingerprint density at radius 1 is 1.31 bits per heavy atom. The lowest BCUT2D eigenvalue weighted by molar-refractivity contribution is 0.795. The van der Waals surface area contributed by atoms with Gasteiger partial charge in [0.25, 0.3) is 0 Å². The van der Waals surface area contributed by atoms with E-state index in [0.29, 0.717) is 0 Å². The Balaban J connectivity index is 2.55. The maximum absolute atomic E-state index is 6.29. The molecule has 0 fully saturated rings. The van der Waals surface area contributed by atoms with E-state index >= 15 is 0 Å². The molecule has 0 bridgehead atoms. The summed E-state index contributed by atoms with van der Waals surface area (Å²) in [5.74, 6) is 2.19. The fourth-order valence-corrected chi connectivity index (χ4v) is 2.91. The molecule has 0 radical (unpaired) electrons. The number of nitrogens with zero attached hydrogens (tertiary/aromatic N) is 1. The van der Waals surface area contributed by atoms with Gasteiger partial charge in [0.1, 0.15) is 0 Å². The van der Waals surface area contributed by atoms with Crippen molar-refractivity contribution in [3.05, 3.63) is 35.0 Å². The smallest absolute Gasteiger partial charge is 0.0502 e. The first kappa shape index (κ1) is 11.9. The van der Waals surface area contributed by atoms with Gasteiger partial charge >= 0.3 is 0 Å². The molecule has 0 atom stereocenters. The summed E-state index contributed by atoms with van der Waals surface area (Å²) in [5.41, 5.74) is 2.61. The predicted molar refractivity (Wildman–Crippen MR) is 74.5 cm³/mol. The largest absolute Gasteiger partial charge is 0.347 e. The van der Waals surface area contributed by atoms with Crippen LogP contribution < -0.4 is 0 Å². The quantitative estimate of drug-likeness (QED) is 0.773. The molecule has 0 saturated carbocycles. The van der Waals surface area contributed by atoms with E-state index < -0.39 is 0 Å². The highest BCUT2D eigenvalue weighted by Gasteiger charge is 2.10. The first-order valence-corrected chi connectivity index (χ1v) is 7.15. The Kier molecular flexibility index (Phi) is 3.82. The summed E-state index contributed by atoms with van der Waals surface area (Å²) in [7, 11) is 0. The number of aryl methyl sites for hydroxylation is 1. The Labute approximate surface area is 106 Å². The van der Waals surface area contributed by atoms with Gasteiger partial charge in [-0.3, -0.25) is 0 Å². The molecule has 0 aliphatic heterocycles. The molecule has 0 N–H and O–H groups in total. The molecule has 0 spiro atoms. The van der Waals surface area contributed by atoms with Crippen LogP contribution in [0.1, 0.15) is 19.4 Å². The molecule has 1 nitrogen and oxygen atoms in total. The Hall–Kier alpha value is -0.600. The van der Waals surface area contributed by atoms with Crippen molar-refractivity contribution in [1.29, 1.82) is 0 Å². The van der Waals surface area contributed by atoms with Crippen LogP contribution in [0.2, 0.25) is 5.02 Å². The number of rotatable bonds is 4. The van der Waals surface area contributed by atoms with E-state index in [1.807, 2.05) is 23.9 Å². The van der Waals surface area contributed by atoms with E-state index in [2.05, 4.69) is 30.7 Å². The highest BCUT2D eigenvalue weighted by molar-refractivity contribution is 7.98. The van der Waals surface area contributed by atoms with Crippen LogP contribution in [-0.4, -0.2) is 10.3 Å². The molecular formula is C13H16ClNS. The summed E-state index contributed by atoms with van der Waals surface area (Å²) in [5, 5.41) is 2.10. The Morgan fingerprint density at radius 3 is 2.81 bits per heavy atom. The first-order valence-electron chi connectivity index (χ1n) is 5.61. The van der Waals surface area contributed by atoms with Gasteiger partial charge in [-0.2, -0.15) is 11.8 Å². The van der Waals surface area contributed by atoms with E-state index in [9.17, 15) is 0 Å². The molecule has 0 aliphatic rings. The van der Waals surface area contributed by atoms with Gasteiger partial charge < -0.3 is 4.57 Å². The van der Waals surface area contributed by atoms with Gasteiger partial charge in [0.05, 0.1) is 5.02 Å². The maximum Gasteiger partial charge on any atom is 0.0502 e. The molecule has 0 aliphatic carbocycles. The molecular weight excluding hydrogens is 238 g/mol. The molecule has 1 aromatic heterocycles. The van der Waals surface area contributed by atoms with Crippen LogP contribution in [-0.2, 0) is 12.3 Å². The van der Waals surface area contributed by atoms with Crippen molar-refractivity contribution in [2.75, 3.05) is 5.75 Å². The Bertz CT molecular complexity index is 490. The summed E-state index contributed by atoms with van der Waals surface area (Å²) < 4.78 is 2.27. The summed E-state index contributed by atoms with van der Waals surface area (Å²) in [6.45, 7) is 5.34. The van der Waals surface area contributed by atoms with Crippen LogP contribution in [0.3, 0.4) is 0 Å². The summed E-state index contributed by atoms with van der Waals surface area (Å²) in [6.07, 6.45) is 2.24. The van der Waals surface area contributed by atoms with Gasteiger partial charge in [-0.15, -0.1) is 0 Å². The Morgan fingerprint density at radius 2 is 2.12 bits per heavy atom. The molecule has 0 amide bonds. The van der Waals surface area contributed by atoms with Crippen LogP contribution in [0.4, 0.5) is 0 Å². The van der Waals surface area contributed by atoms with Crippen molar-refractivity contribution in [3.63, 3.8) is 0 Å². The fourth-order valence-electron chi connectivity index (χ4n) is 1.98. The van der Waals surface area contributed by atoms with Crippen molar-refractivity contribution in [1.82, 2.24) is 4.57 Å². The first-order chi connectivity index (χ1) is 7.77. The second-order valence-corrected chi connectivity index (χ2v) is 5.39. The standard InChI is InChI=1S/C13H16ClNS/c1-3-15-8-10(9-16-4-2)13-11(14)6-5-7-12(13)15/h5-8H,3-4,9H2,1-2H3. The second-order valence-electron chi connectivity index (χ2n) is 3.71. The lowest BCUT2D eigenvalue weighted by atomic mass is 10.2. The van der Waals surface area contributed by atoms with E-state index in [1.165, 1.54) is 16.5 Å².